The molecule has 0 fully saturated rings. The van der Waals surface area contributed by atoms with Crippen molar-refractivity contribution >= 4 is 24.1 Å². The van der Waals surface area contributed by atoms with E-state index in [1.54, 1.807) is 12.3 Å². The third-order valence-corrected chi connectivity index (χ3v) is 2.12. The molecule has 6 heteroatoms. The summed E-state index contributed by atoms with van der Waals surface area (Å²) in [7, 11) is 0. The van der Waals surface area contributed by atoms with Crippen LogP contribution in [0.1, 0.15) is 17.3 Å². The van der Waals surface area contributed by atoms with Crippen LogP contribution in [0.2, 0.25) is 0 Å². The second kappa shape index (κ2) is 4.70. The average Bonchev–Trinajstić information content (AvgIpc) is 2.18. The summed E-state index contributed by atoms with van der Waals surface area (Å²) in [6, 6.07) is 2.21. The lowest BCUT2D eigenvalue weighted by atomic mass is 10.2. The molecule has 0 unspecified atom stereocenters. The molecule has 0 aliphatic heterocycles. The van der Waals surface area contributed by atoms with Gasteiger partial charge in [0.25, 0.3) is 5.91 Å². The number of hydrogen-bond acceptors (Lipinski definition) is 3. The van der Waals surface area contributed by atoms with Gasteiger partial charge in [-0.25, -0.2) is 0 Å². The summed E-state index contributed by atoms with van der Waals surface area (Å²) in [5, 5.41) is 10.9. The summed E-state index contributed by atoms with van der Waals surface area (Å²) < 4.78 is 0.285. The topological polar surface area (TPSA) is 82.2 Å². The van der Waals surface area contributed by atoms with E-state index in [0.29, 0.717) is 0 Å². The number of carbonyl (C=O) groups excluding carboxylic acids is 1. The summed E-state index contributed by atoms with van der Waals surface area (Å²) in [4.78, 5) is 24.7. The molecule has 0 aliphatic rings. The van der Waals surface area contributed by atoms with Crippen LogP contribution in [0, 0.1) is 4.64 Å². The number of nitrogens with one attached hydrogen (secondary N) is 2. The molecule has 15 heavy (non-hydrogen) atoms. The highest BCUT2D eigenvalue weighted by atomic mass is 32.1. The Morgan fingerprint density at radius 2 is 2.27 bits per heavy atom. The first kappa shape index (κ1) is 11.4. The normalized spacial score (nSPS) is 11.8. The van der Waals surface area contributed by atoms with E-state index in [1.165, 1.54) is 13.0 Å². The van der Waals surface area contributed by atoms with Crippen molar-refractivity contribution in [2.75, 3.05) is 0 Å². The minimum absolute atomic E-state index is 0.264. The van der Waals surface area contributed by atoms with Crippen molar-refractivity contribution in [3.63, 3.8) is 0 Å². The molecule has 1 amide bonds. The lowest BCUT2D eigenvalue weighted by molar-refractivity contribution is -0.138. The molecule has 1 atom stereocenters. The van der Waals surface area contributed by atoms with Gasteiger partial charge in [-0.05, 0) is 19.1 Å². The highest BCUT2D eigenvalue weighted by molar-refractivity contribution is 7.71. The summed E-state index contributed by atoms with van der Waals surface area (Å²) in [5.74, 6) is -1.58. The van der Waals surface area contributed by atoms with Crippen molar-refractivity contribution in [3.8, 4) is 0 Å². The first-order valence-corrected chi connectivity index (χ1v) is 4.64. The molecule has 5 nitrogen and oxygen atoms in total. The fourth-order valence-electron chi connectivity index (χ4n) is 0.937. The number of hydrogen-bond donors (Lipinski definition) is 3. The lowest BCUT2D eigenvalue weighted by Crippen LogP contribution is -2.38. The van der Waals surface area contributed by atoms with Crippen molar-refractivity contribution in [1.29, 1.82) is 0 Å². The molecular weight excluding hydrogens is 216 g/mol. The van der Waals surface area contributed by atoms with E-state index in [2.05, 4.69) is 10.3 Å². The molecule has 0 radical (unpaired) electrons. The second-order valence-electron chi connectivity index (χ2n) is 2.95. The van der Waals surface area contributed by atoms with Crippen molar-refractivity contribution in [1.82, 2.24) is 10.3 Å². The van der Waals surface area contributed by atoms with Gasteiger partial charge in [0.05, 0.1) is 5.56 Å². The van der Waals surface area contributed by atoms with Crippen LogP contribution in [-0.4, -0.2) is 28.0 Å². The van der Waals surface area contributed by atoms with Crippen molar-refractivity contribution in [2.24, 2.45) is 0 Å². The number of carboxylic acids is 1. The SMILES string of the molecule is C[C@H](NC(=O)c1ccc[nH]c1=S)C(=O)O. The molecule has 0 spiro atoms. The predicted octanol–water partition coefficient (Wildman–Crippen LogP) is 0.947. The zero-order valence-electron chi connectivity index (χ0n) is 7.98. The zero-order valence-corrected chi connectivity index (χ0v) is 8.80. The van der Waals surface area contributed by atoms with Crippen LogP contribution in [0.25, 0.3) is 0 Å². The van der Waals surface area contributed by atoms with Gasteiger partial charge < -0.3 is 15.4 Å². The first-order chi connectivity index (χ1) is 7.02. The van der Waals surface area contributed by atoms with Gasteiger partial charge in [0.15, 0.2) is 0 Å². The highest BCUT2D eigenvalue weighted by Gasteiger charge is 2.15. The van der Waals surface area contributed by atoms with Gasteiger partial charge in [-0.1, -0.05) is 12.2 Å². The molecule has 1 rings (SSSR count). The number of amides is 1. The molecular formula is C9H10N2O3S. The Bertz CT molecular complexity index is 441. The molecule has 0 aliphatic carbocycles. The molecule has 80 valence electrons. The average molecular weight is 226 g/mol. The number of rotatable bonds is 3. The molecule has 1 aromatic heterocycles. The van der Waals surface area contributed by atoms with Gasteiger partial charge in [0.1, 0.15) is 10.7 Å². The van der Waals surface area contributed by atoms with E-state index < -0.39 is 17.9 Å². The highest BCUT2D eigenvalue weighted by Crippen LogP contribution is 1.99. The predicted molar refractivity (Wildman–Crippen MR) is 56.2 cm³/mol. The standard InChI is InChI=1S/C9H10N2O3S/c1-5(9(13)14)11-7(12)6-3-2-4-10-8(6)15/h2-5H,1H3,(H,10,15)(H,11,12)(H,13,14)/t5-/m0/s1. The minimum Gasteiger partial charge on any atom is -0.480 e. The summed E-state index contributed by atoms with van der Waals surface area (Å²) in [6.45, 7) is 1.38. The van der Waals surface area contributed by atoms with Crippen molar-refractivity contribution in [3.05, 3.63) is 28.5 Å². The van der Waals surface area contributed by atoms with E-state index in [0.717, 1.165) is 0 Å². The number of pyridine rings is 1. The third-order valence-electron chi connectivity index (χ3n) is 1.78. The number of carbonyl (C=O) groups is 2. The van der Waals surface area contributed by atoms with E-state index in [1.807, 2.05) is 0 Å². The second-order valence-corrected chi connectivity index (χ2v) is 3.35. The van der Waals surface area contributed by atoms with Gasteiger partial charge >= 0.3 is 5.97 Å². The Morgan fingerprint density at radius 3 is 2.80 bits per heavy atom. The number of carboxylic acid groups (broad SMARTS) is 1. The molecule has 0 saturated carbocycles. The van der Waals surface area contributed by atoms with Crippen LogP contribution in [0.3, 0.4) is 0 Å². The molecule has 0 saturated heterocycles. The van der Waals surface area contributed by atoms with Gasteiger partial charge in [-0.2, -0.15) is 0 Å². The largest absolute Gasteiger partial charge is 0.480 e. The van der Waals surface area contributed by atoms with Gasteiger partial charge in [0, 0.05) is 6.20 Å². The van der Waals surface area contributed by atoms with Crippen LogP contribution in [-0.2, 0) is 4.79 Å². The number of H-pyrrole nitrogens is 1. The van der Waals surface area contributed by atoms with Crippen LogP contribution in [0.4, 0.5) is 0 Å². The minimum atomic E-state index is -1.09. The van der Waals surface area contributed by atoms with E-state index in [-0.39, 0.29) is 10.2 Å². The van der Waals surface area contributed by atoms with Crippen molar-refractivity contribution < 1.29 is 14.7 Å². The lowest BCUT2D eigenvalue weighted by Gasteiger charge is -2.08. The van der Waals surface area contributed by atoms with E-state index >= 15 is 0 Å². The van der Waals surface area contributed by atoms with Gasteiger partial charge in [-0.3, -0.25) is 9.59 Å². The Balaban J connectivity index is 2.83. The molecule has 0 aromatic carbocycles. The van der Waals surface area contributed by atoms with E-state index in [9.17, 15) is 9.59 Å². The Hall–Kier alpha value is -1.69. The first-order valence-electron chi connectivity index (χ1n) is 4.23. The fourth-order valence-corrected chi connectivity index (χ4v) is 1.17. The maximum absolute atomic E-state index is 11.5. The molecule has 0 bridgehead atoms. The van der Waals surface area contributed by atoms with Crippen LogP contribution in [0.5, 0.6) is 0 Å². The molecule has 1 heterocycles. The maximum atomic E-state index is 11.5. The zero-order chi connectivity index (χ0) is 11.4. The van der Waals surface area contributed by atoms with Gasteiger partial charge in [0.2, 0.25) is 0 Å². The summed E-state index contributed by atoms with van der Waals surface area (Å²) >= 11 is 4.88. The summed E-state index contributed by atoms with van der Waals surface area (Å²) in [5.41, 5.74) is 0.264. The third kappa shape index (κ3) is 2.88. The Labute approximate surface area is 91.1 Å². The fraction of sp³-hybridized carbons (Fsp3) is 0.222. The Morgan fingerprint density at radius 1 is 1.60 bits per heavy atom. The Kier molecular flexibility index (Phi) is 3.56. The number of aromatic amines is 1. The van der Waals surface area contributed by atoms with Crippen LogP contribution < -0.4 is 5.32 Å². The smallest absolute Gasteiger partial charge is 0.325 e. The monoisotopic (exact) mass is 226 g/mol. The molecule has 1 aromatic rings. The van der Waals surface area contributed by atoms with Gasteiger partial charge in [-0.15, -0.1) is 0 Å². The molecule has 3 N–H and O–H groups in total. The van der Waals surface area contributed by atoms with Crippen molar-refractivity contribution in [2.45, 2.75) is 13.0 Å². The quantitative estimate of drug-likeness (QED) is 0.670. The van der Waals surface area contributed by atoms with Crippen LogP contribution in [0.15, 0.2) is 18.3 Å². The van der Waals surface area contributed by atoms with E-state index in [4.69, 9.17) is 17.3 Å². The van der Waals surface area contributed by atoms with Crippen LogP contribution >= 0.6 is 12.2 Å². The summed E-state index contributed by atoms with van der Waals surface area (Å²) in [6.07, 6.45) is 1.60. The number of aromatic nitrogens is 1. The maximum Gasteiger partial charge on any atom is 0.325 e. The number of aliphatic carboxylic acids is 1.